The third kappa shape index (κ3) is 3.19. The average Bonchev–Trinajstić information content (AvgIpc) is 2.94. The minimum atomic E-state index is -3.75. The number of aromatic nitrogens is 2. The maximum atomic E-state index is 12.5. The molecule has 21 heavy (non-hydrogen) atoms. The van der Waals surface area contributed by atoms with Crippen molar-refractivity contribution in [1.82, 2.24) is 8.96 Å². The zero-order valence-corrected chi connectivity index (χ0v) is 12.4. The Hall–Kier alpha value is -2.41. The van der Waals surface area contributed by atoms with Gasteiger partial charge in [-0.3, -0.25) is 0 Å². The molecule has 2 aromatic rings. The number of rotatable bonds is 4. The second-order valence-electron chi connectivity index (χ2n) is 4.26. The molecule has 0 bridgehead atoms. The van der Waals surface area contributed by atoms with Crippen LogP contribution in [0.25, 0.3) is 6.08 Å². The van der Waals surface area contributed by atoms with Crippen LogP contribution in [0.4, 0.5) is 0 Å². The van der Waals surface area contributed by atoms with Gasteiger partial charge in [-0.15, -0.1) is 0 Å². The first-order valence-electron chi connectivity index (χ1n) is 6.07. The number of benzene rings is 1. The molecule has 1 aromatic heterocycles. The monoisotopic (exact) mass is 306 g/mol. The Bertz CT molecular complexity index is 774. The molecular formula is C14H14N2O4S. The molecule has 0 aliphatic carbocycles. The summed E-state index contributed by atoms with van der Waals surface area (Å²) in [4.78, 5) is 15.2. The molecule has 2 rings (SSSR count). The molecule has 1 aromatic carbocycles. The molecule has 0 aliphatic heterocycles. The molecule has 0 amide bonds. The van der Waals surface area contributed by atoms with E-state index in [9.17, 15) is 13.2 Å². The van der Waals surface area contributed by atoms with Crippen LogP contribution in [0, 0.1) is 6.92 Å². The summed E-state index contributed by atoms with van der Waals surface area (Å²) in [7, 11) is -2.51. The van der Waals surface area contributed by atoms with E-state index in [-0.39, 0.29) is 10.7 Å². The van der Waals surface area contributed by atoms with Gasteiger partial charge in [0.15, 0.2) is 0 Å². The molecule has 0 saturated heterocycles. The van der Waals surface area contributed by atoms with Crippen LogP contribution in [0.1, 0.15) is 11.4 Å². The molecule has 0 aliphatic rings. The number of hydrogen-bond donors (Lipinski definition) is 0. The van der Waals surface area contributed by atoms with Crippen LogP contribution in [0.2, 0.25) is 0 Å². The van der Waals surface area contributed by atoms with Crippen molar-refractivity contribution in [2.24, 2.45) is 0 Å². The summed E-state index contributed by atoms with van der Waals surface area (Å²) in [5.74, 6) is -0.460. The first-order chi connectivity index (χ1) is 9.95. The first-order valence-corrected chi connectivity index (χ1v) is 7.51. The van der Waals surface area contributed by atoms with Crippen LogP contribution in [0.5, 0.6) is 0 Å². The van der Waals surface area contributed by atoms with E-state index in [0.29, 0.717) is 0 Å². The maximum absolute atomic E-state index is 12.5. The van der Waals surface area contributed by atoms with Gasteiger partial charge in [0.1, 0.15) is 5.82 Å². The highest BCUT2D eigenvalue weighted by Crippen LogP contribution is 2.16. The van der Waals surface area contributed by atoms with E-state index in [2.05, 4.69) is 9.72 Å². The Morgan fingerprint density at radius 1 is 1.29 bits per heavy atom. The van der Waals surface area contributed by atoms with Crippen LogP contribution >= 0.6 is 0 Å². The predicted molar refractivity (Wildman–Crippen MR) is 77.0 cm³/mol. The first kappa shape index (κ1) is 15.0. The van der Waals surface area contributed by atoms with Gasteiger partial charge in [0, 0.05) is 18.5 Å². The van der Waals surface area contributed by atoms with Crippen LogP contribution in [-0.2, 0) is 19.6 Å². The Kier molecular flexibility index (Phi) is 4.23. The lowest BCUT2D eigenvalue weighted by atomic mass is 10.2. The fourth-order valence-electron chi connectivity index (χ4n) is 1.66. The molecule has 0 radical (unpaired) electrons. The molecule has 0 spiro atoms. The summed E-state index contributed by atoms with van der Waals surface area (Å²) in [5.41, 5.74) is 0.963. The minimum absolute atomic E-state index is 0.126. The van der Waals surface area contributed by atoms with Crippen LogP contribution in [-0.4, -0.2) is 30.5 Å². The molecular weight excluding hydrogens is 292 g/mol. The SMILES string of the molecule is COC(=O)/C=C/c1nccn1S(=O)(=O)c1ccc(C)cc1. The van der Waals surface area contributed by atoms with E-state index in [1.807, 2.05) is 6.92 Å². The van der Waals surface area contributed by atoms with Gasteiger partial charge < -0.3 is 4.74 Å². The van der Waals surface area contributed by atoms with E-state index < -0.39 is 16.0 Å². The van der Waals surface area contributed by atoms with E-state index in [1.54, 1.807) is 12.1 Å². The predicted octanol–water partition coefficient (Wildman–Crippen LogP) is 1.61. The molecule has 0 unspecified atom stereocenters. The summed E-state index contributed by atoms with van der Waals surface area (Å²) < 4.78 is 30.5. The second-order valence-corrected chi connectivity index (χ2v) is 6.07. The van der Waals surface area contributed by atoms with Gasteiger partial charge in [-0.1, -0.05) is 17.7 Å². The van der Waals surface area contributed by atoms with Crippen LogP contribution in [0.15, 0.2) is 47.6 Å². The van der Waals surface area contributed by atoms with Gasteiger partial charge >= 0.3 is 5.97 Å². The Morgan fingerprint density at radius 2 is 1.95 bits per heavy atom. The highest BCUT2D eigenvalue weighted by atomic mass is 32.2. The number of ether oxygens (including phenoxy) is 1. The highest BCUT2D eigenvalue weighted by Gasteiger charge is 2.19. The van der Waals surface area contributed by atoms with Gasteiger partial charge in [-0.25, -0.2) is 22.2 Å². The second kappa shape index (κ2) is 5.92. The fraction of sp³-hybridized carbons (Fsp3) is 0.143. The molecule has 0 saturated carbocycles. The van der Waals surface area contributed by atoms with E-state index >= 15 is 0 Å². The summed E-state index contributed by atoms with van der Waals surface area (Å²) >= 11 is 0. The number of hydrogen-bond acceptors (Lipinski definition) is 5. The van der Waals surface area contributed by atoms with Gasteiger partial charge in [0.2, 0.25) is 0 Å². The summed E-state index contributed by atoms with van der Waals surface area (Å²) in [6.07, 6.45) is 5.08. The topological polar surface area (TPSA) is 78.3 Å². The number of nitrogens with zero attached hydrogens (tertiary/aromatic N) is 2. The normalized spacial score (nSPS) is 11.7. The van der Waals surface area contributed by atoms with Crippen molar-refractivity contribution in [2.75, 3.05) is 7.11 Å². The van der Waals surface area contributed by atoms with Crippen molar-refractivity contribution in [3.05, 3.63) is 54.1 Å². The van der Waals surface area contributed by atoms with Crippen molar-refractivity contribution in [3.8, 4) is 0 Å². The average molecular weight is 306 g/mol. The number of imidazole rings is 1. The number of methoxy groups -OCH3 is 1. The van der Waals surface area contributed by atoms with Crippen LogP contribution in [0.3, 0.4) is 0 Å². The number of esters is 1. The molecule has 7 heteroatoms. The molecule has 0 N–H and O–H groups in total. The van der Waals surface area contributed by atoms with E-state index in [1.165, 1.54) is 37.7 Å². The van der Waals surface area contributed by atoms with E-state index in [0.717, 1.165) is 15.6 Å². The largest absolute Gasteiger partial charge is 0.466 e. The van der Waals surface area contributed by atoms with Crippen molar-refractivity contribution in [2.45, 2.75) is 11.8 Å². The maximum Gasteiger partial charge on any atom is 0.330 e. The smallest absolute Gasteiger partial charge is 0.330 e. The van der Waals surface area contributed by atoms with Crippen molar-refractivity contribution >= 4 is 22.1 Å². The lowest BCUT2D eigenvalue weighted by Crippen LogP contribution is -2.13. The van der Waals surface area contributed by atoms with Gasteiger partial charge in [-0.05, 0) is 25.1 Å². The highest BCUT2D eigenvalue weighted by molar-refractivity contribution is 7.90. The Balaban J connectivity index is 2.42. The summed E-state index contributed by atoms with van der Waals surface area (Å²) in [6.45, 7) is 1.87. The minimum Gasteiger partial charge on any atom is -0.466 e. The van der Waals surface area contributed by atoms with Gasteiger partial charge in [-0.2, -0.15) is 0 Å². The number of carbonyl (C=O) groups is 1. The standard InChI is InChI=1S/C14H14N2O4S/c1-11-3-5-12(6-4-11)21(18,19)16-10-9-15-13(16)7-8-14(17)20-2/h3-10H,1-2H3/b8-7+. The van der Waals surface area contributed by atoms with Crippen molar-refractivity contribution in [3.63, 3.8) is 0 Å². The number of carbonyl (C=O) groups excluding carboxylic acids is 1. The molecule has 0 fully saturated rings. The fourth-order valence-corrected chi connectivity index (χ4v) is 2.93. The molecule has 110 valence electrons. The van der Waals surface area contributed by atoms with E-state index in [4.69, 9.17) is 0 Å². The molecule has 0 atom stereocenters. The quantitative estimate of drug-likeness (QED) is 0.633. The summed E-state index contributed by atoms with van der Waals surface area (Å²) in [5, 5.41) is 0. The Morgan fingerprint density at radius 3 is 2.57 bits per heavy atom. The molecule has 6 nitrogen and oxygen atoms in total. The Labute approximate surface area is 122 Å². The molecule has 1 heterocycles. The lowest BCUT2D eigenvalue weighted by Gasteiger charge is -2.07. The van der Waals surface area contributed by atoms with Crippen molar-refractivity contribution in [1.29, 1.82) is 0 Å². The third-order valence-electron chi connectivity index (χ3n) is 2.78. The van der Waals surface area contributed by atoms with Crippen molar-refractivity contribution < 1.29 is 17.9 Å². The van der Waals surface area contributed by atoms with Gasteiger partial charge in [0.25, 0.3) is 10.0 Å². The zero-order valence-electron chi connectivity index (χ0n) is 11.6. The summed E-state index contributed by atoms with van der Waals surface area (Å²) in [6, 6.07) is 6.48. The third-order valence-corrected chi connectivity index (χ3v) is 4.48. The lowest BCUT2D eigenvalue weighted by molar-refractivity contribution is -0.134. The number of aryl methyl sites for hydroxylation is 1. The van der Waals surface area contributed by atoms with Crippen LogP contribution < -0.4 is 0 Å². The zero-order chi connectivity index (χ0) is 15.5. The van der Waals surface area contributed by atoms with Gasteiger partial charge in [0.05, 0.1) is 12.0 Å².